The van der Waals surface area contributed by atoms with E-state index in [0.29, 0.717) is 5.88 Å². The van der Waals surface area contributed by atoms with E-state index in [1.165, 1.54) is 16.8 Å². The number of nitrogens with two attached hydrogens (primary N) is 1. The molecule has 1 aliphatic carbocycles. The lowest BCUT2D eigenvalue weighted by molar-refractivity contribution is -0.121. The van der Waals surface area contributed by atoms with Crippen molar-refractivity contribution in [3.8, 4) is 5.88 Å². The molecule has 0 spiro atoms. The third kappa shape index (κ3) is 2.29. The Balaban J connectivity index is 1.85. The highest BCUT2D eigenvalue weighted by Crippen LogP contribution is 2.39. The molecular weight excluding hydrogens is 280 g/mol. The van der Waals surface area contributed by atoms with E-state index in [1.807, 2.05) is 5.32 Å². The van der Waals surface area contributed by atoms with Crippen molar-refractivity contribution < 1.29 is 14.3 Å². The van der Waals surface area contributed by atoms with Crippen LogP contribution in [0.15, 0.2) is 6.33 Å². The number of imide groups is 1. The van der Waals surface area contributed by atoms with Crippen LogP contribution in [-0.2, 0) is 17.6 Å². The van der Waals surface area contributed by atoms with Crippen LogP contribution in [0.4, 0.5) is 4.79 Å². The van der Waals surface area contributed by atoms with E-state index in [9.17, 15) is 9.59 Å². The van der Waals surface area contributed by atoms with E-state index < -0.39 is 11.9 Å². The van der Waals surface area contributed by atoms with Crippen molar-refractivity contribution in [3.63, 3.8) is 0 Å². The molecule has 3 rings (SSSR count). The lowest BCUT2D eigenvalue weighted by atomic mass is 10.2. The van der Waals surface area contributed by atoms with E-state index in [1.54, 1.807) is 11.3 Å². The number of fused-ring (bicyclic) bond motifs is 3. The summed E-state index contributed by atoms with van der Waals surface area (Å²) in [6, 6.07) is -0.900. The summed E-state index contributed by atoms with van der Waals surface area (Å²) < 4.78 is 5.40. The summed E-state index contributed by atoms with van der Waals surface area (Å²) in [6.45, 7) is -0.306. The molecule has 3 N–H and O–H groups in total. The van der Waals surface area contributed by atoms with Crippen LogP contribution in [0.25, 0.3) is 10.2 Å². The average molecular weight is 292 g/mol. The molecule has 0 saturated carbocycles. The van der Waals surface area contributed by atoms with Crippen LogP contribution < -0.4 is 15.8 Å². The number of amides is 3. The molecule has 0 atom stereocenters. The molecule has 1 aliphatic rings. The Bertz CT molecular complexity index is 697. The van der Waals surface area contributed by atoms with Crippen molar-refractivity contribution in [1.29, 1.82) is 0 Å². The number of aryl methyl sites for hydroxylation is 2. The fourth-order valence-corrected chi connectivity index (χ4v) is 3.54. The van der Waals surface area contributed by atoms with Gasteiger partial charge in [0.1, 0.15) is 11.2 Å². The first-order valence-electron chi connectivity index (χ1n) is 6.12. The lowest BCUT2D eigenvalue weighted by Crippen LogP contribution is -2.38. The van der Waals surface area contributed by atoms with Gasteiger partial charge in [0, 0.05) is 4.88 Å². The molecule has 0 aromatic carbocycles. The van der Waals surface area contributed by atoms with Gasteiger partial charge >= 0.3 is 6.03 Å². The Morgan fingerprint density at radius 3 is 3.05 bits per heavy atom. The number of carbonyl (C=O) groups is 2. The van der Waals surface area contributed by atoms with Gasteiger partial charge in [-0.1, -0.05) is 0 Å². The minimum absolute atomic E-state index is 0.306. The Hall–Kier alpha value is -2.22. The number of nitrogens with one attached hydrogen (secondary N) is 1. The minimum Gasteiger partial charge on any atom is -0.467 e. The number of urea groups is 1. The molecule has 0 aliphatic heterocycles. The molecule has 2 aromatic rings. The molecule has 2 heterocycles. The highest BCUT2D eigenvalue weighted by atomic mass is 32.1. The zero-order chi connectivity index (χ0) is 14.1. The summed E-state index contributed by atoms with van der Waals surface area (Å²) in [5.41, 5.74) is 6.08. The lowest BCUT2D eigenvalue weighted by Gasteiger charge is -2.06. The molecule has 0 radical (unpaired) electrons. The van der Waals surface area contributed by atoms with E-state index in [-0.39, 0.29) is 6.61 Å². The van der Waals surface area contributed by atoms with E-state index >= 15 is 0 Å². The fourth-order valence-electron chi connectivity index (χ4n) is 2.32. The highest BCUT2D eigenvalue weighted by molar-refractivity contribution is 7.18. The van der Waals surface area contributed by atoms with Crippen LogP contribution in [0.2, 0.25) is 0 Å². The SMILES string of the molecule is NC(=O)NC(=O)COc1ncnc2sc3c(c12)CCC3. The Morgan fingerprint density at radius 1 is 1.40 bits per heavy atom. The molecule has 3 amide bonds. The van der Waals surface area contributed by atoms with Gasteiger partial charge in [-0.15, -0.1) is 11.3 Å². The number of nitrogens with zero attached hydrogens (tertiary/aromatic N) is 2. The predicted molar refractivity (Wildman–Crippen MR) is 72.7 cm³/mol. The average Bonchev–Trinajstić information content (AvgIpc) is 2.95. The molecule has 0 unspecified atom stereocenters. The molecule has 8 heteroatoms. The molecule has 104 valence electrons. The maximum absolute atomic E-state index is 11.4. The van der Waals surface area contributed by atoms with Crippen molar-refractivity contribution in [3.05, 3.63) is 16.8 Å². The maximum atomic E-state index is 11.4. The first-order chi connectivity index (χ1) is 9.65. The number of aromatic nitrogens is 2. The van der Waals surface area contributed by atoms with Gasteiger partial charge in [0.25, 0.3) is 5.91 Å². The zero-order valence-corrected chi connectivity index (χ0v) is 11.3. The van der Waals surface area contributed by atoms with Gasteiger partial charge < -0.3 is 10.5 Å². The number of rotatable bonds is 3. The van der Waals surface area contributed by atoms with Crippen molar-refractivity contribution in [2.75, 3.05) is 6.61 Å². The van der Waals surface area contributed by atoms with Crippen molar-refractivity contribution in [1.82, 2.24) is 15.3 Å². The summed E-state index contributed by atoms with van der Waals surface area (Å²) in [5, 5.41) is 2.83. The minimum atomic E-state index is -0.900. The van der Waals surface area contributed by atoms with Gasteiger partial charge in [0.2, 0.25) is 5.88 Å². The Morgan fingerprint density at radius 2 is 2.25 bits per heavy atom. The van der Waals surface area contributed by atoms with Gasteiger partial charge in [0.15, 0.2) is 6.61 Å². The van der Waals surface area contributed by atoms with Crippen molar-refractivity contribution in [2.45, 2.75) is 19.3 Å². The predicted octanol–water partition coefficient (Wildman–Crippen LogP) is 0.754. The van der Waals surface area contributed by atoms with E-state index in [4.69, 9.17) is 10.5 Å². The smallest absolute Gasteiger partial charge is 0.318 e. The fraction of sp³-hybridized carbons (Fsp3) is 0.333. The monoisotopic (exact) mass is 292 g/mol. The van der Waals surface area contributed by atoms with E-state index in [0.717, 1.165) is 29.5 Å². The number of ether oxygens (including phenoxy) is 1. The van der Waals surface area contributed by atoms with Gasteiger partial charge in [-0.25, -0.2) is 14.8 Å². The Labute approximate surface area is 118 Å². The number of hydrogen-bond acceptors (Lipinski definition) is 6. The molecule has 0 saturated heterocycles. The number of carbonyl (C=O) groups excluding carboxylic acids is 2. The largest absolute Gasteiger partial charge is 0.467 e. The standard InChI is InChI=1S/C12H12N4O3S/c13-12(18)16-8(17)4-19-10-9-6-2-1-3-7(6)20-11(9)15-5-14-10/h5H,1-4H2,(H3,13,16,17,18). The quantitative estimate of drug-likeness (QED) is 0.868. The zero-order valence-electron chi connectivity index (χ0n) is 10.5. The number of hydrogen-bond donors (Lipinski definition) is 2. The number of thiophene rings is 1. The van der Waals surface area contributed by atoms with Crippen LogP contribution in [0.5, 0.6) is 5.88 Å². The van der Waals surface area contributed by atoms with Crippen LogP contribution in [0.3, 0.4) is 0 Å². The molecule has 2 aromatic heterocycles. The molecular formula is C12H12N4O3S. The summed E-state index contributed by atoms with van der Waals surface area (Å²) in [7, 11) is 0. The van der Waals surface area contributed by atoms with Gasteiger partial charge in [-0.2, -0.15) is 0 Å². The normalized spacial score (nSPS) is 13.2. The third-order valence-corrected chi connectivity index (χ3v) is 4.27. The summed E-state index contributed by atoms with van der Waals surface area (Å²) in [4.78, 5) is 32.4. The second kappa shape index (κ2) is 5.04. The van der Waals surface area contributed by atoms with Crippen LogP contribution >= 0.6 is 11.3 Å². The first-order valence-corrected chi connectivity index (χ1v) is 6.94. The molecule has 0 fully saturated rings. The van der Waals surface area contributed by atoms with Crippen molar-refractivity contribution in [2.24, 2.45) is 5.73 Å². The number of primary amides is 1. The van der Waals surface area contributed by atoms with Crippen LogP contribution in [0.1, 0.15) is 16.9 Å². The van der Waals surface area contributed by atoms with Crippen LogP contribution in [0, 0.1) is 0 Å². The van der Waals surface area contributed by atoms with Crippen LogP contribution in [-0.4, -0.2) is 28.5 Å². The topological polar surface area (TPSA) is 107 Å². The maximum Gasteiger partial charge on any atom is 0.318 e. The van der Waals surface area contributed by atoms with Gasteiger partial charge in [-0.3, -0.25) is 10.1 Å². The molecule has 7 nitrogen and oxygen atoms in total. The molecule has 0 bridgehead atoms. The van der Waals surface area contributed by atoms with Crippen molar-refractivity contribution >= 4 is 33.5 Å². The Kier molecular flexibility index (Phi) is 3.23. The summed E-state index contributed by atoms with van der Waals surface area (Å²) in [5.74, 6) is -0.217. The highest BCUT2D eigenvalue weighted by Gasteiger charge is 2.22. The second-order valence-electron chi connectivity index (χ2n) is 4.42. The third-order valence-electron chi connectivity index (χ3n) is 3.07. The summed E-state index contributed by atoms with van der Waals surface area (Å²) in [6.07, 6.45) is 4.56. The summed E-state index contributed by atoms with van der Waals surface area (Å²) >= 11 is 1.64. The molecule has 20 heavy (non-hydrogen) atoms. The van der Waals surface area contributed by atoms with E-state index in [2.05, 4.69) is 9.97 Å². The first kappa shape index (κ1) is 12.8. The second-order valence-corrected chi connectivity index (χ2v) is 5.50. The van der Waals surface area contributed by atoms with Gasteiger partial charge in [0.05, 0.1) is 5.39 Å². The van der Waals surface area contributed by atoms with Gasteiger partial charge in [-0.05, 0) is 24.8 Å².